The van der Waals surface area contributed by atoms with E-state index in [4.69, 9.17) is 0 Å². The second kappa shape index (κ2) is 4.64. The van der Waals surface area contributed by atoms with Crippen LogP contribution in [0, 0.1) is 11.8 Å². The molecule has 0 aromatic rings. The summed E-state index contributed by atoms with van der Waals surface area (Å²) < 4.78 is 0. The van der Waals surface area contributed by atoms with E-state index in [0.29, 0.717) is 5.92 Å². The molecule has 1 unspecified atom stereocenters. The predicted octanol–water partition coefficient (Wildman–Crippen LogP) is 1.52. The van der Waals surface area contributed by atoms with Crippen LogP contribution in [0.2, 0.25) is 0 Å². The van der Waals surface area contributed by atoms with E-state index in [-0.39, 0.29) is 0 Å². The molecule has 3 N–H and O–H groups in total. The van der Waals surface area contributed by atoms with E-state index in [1.807, 2.05) is 0 Å². The molecule has 1 fully saturated rings. The van der Waals surface area contributed by atoms with Gasteiger partial charge in [-0.05, 0) is 12.3 Å². The van der Waals surface area contributed by atoms with Crippen LogP contribution in [0.25, 0.3) is 0 Å². The Morgan fingerprint density at radius 2 is 2.14 bits per heavy atom. The lowest BCUT2D eigenvalue weighted by atomic mass is 9.83. The van der Waals surface area contributed by atoms with Crippen molar-refractivity contribution in [1.82, 2.24) is 16.5 Å². The predicted molar refractivity (Wildman–Crippen MR) is 57.2 cm³/mol. The number of hydrazine groups is 2. The highest BCUT2D eigenvalue weighted by molar-refractivity contribution is 5.84. The maximum Gasteiger partial charge on any atom is 0.142 e. The number of rotatable bonds is 3. The van der Waals surface area contributed by atoms with Crippen LogP contribution in [-0.2, 0) is 0 Å². The van der Waals surface area contributed by atoms with Crippen LogP contribution in [0.1, 0.15) is 45.4 Å². The van der Waals surface area contributed by atoms with Crippen molar-refractivity contribution >= 4 is 5.84 Å². The molecular formula is C10H20N4. The van der Waals surface area contributed by atoms with Crippen molar-refractivity contribution in [2.75, 3.05) is 0 Å². The molecule has 0 spiro atoms. The summed E-state index contributed by atoms with van der Waals surface area (Å²) in [6.45, 7) is 2.25. The molecule has 14 heavy (non-hydrogen) atoms. The van der Waals surface area contributed by atoms with Gasteiger partial charge in [0.25, 0.3) is 0 Å². The van der Waals surface area contributed by atoms with Crippen molar-refractivity contribution < 1.29 is 0 Å². The molecule has 1 saturated carbocycles. The molecule has 0 aromatic carbocycles. The molecule has 1 aliphatic heterocycles. The quantitative estimate of drug-likeness (QED) is 0.641. The van der Waals surface area contributed by atoms with Crippen LogP contribution in [0.3, 0.4) is 0 Å². The van der Waals surface area contributed by atoms with Crippen molar-refractivity contribution in [3.05, 3.63) is 0 Å². The molecule has 1 aliphatic carbocycles. The van der Waals surface area contributed by atoms with Gasteiger partial charge in [-0.1, -0.05) is 39.0 Å². The molecule has 0 aromatic heterocycles. The van der Waals surface area contributed by atoms with E-state index in [1.165, 1.54) is 38.5 Å². The van der Waals surface area contributed by atoms with Crippen molar-refractivity contribution in [2.24, 2.45) is 16.9 Å². The van der Waals surface area contributed by atoms with Gasteiger partial charge in [0.1, 0.15) is 5.84 Å². The van der Waals surface area contributed by atoms with E-state index < -0.39 is 0 Å². The van der Waals surface area contributed by atoms with Gasteiger partial charge in [-0.15, -0.1) is 10.6 Å². The Kier molecular flexibility index (Phi) is 3.24. The first-order chi connectivity index (χ1) is 6.86. The first kappa shape index (κ1) is 9.77. The third-order valence-electron chi connectivity index (χ3n) is 3.30. The molecule has 2 aliphatic rings. The number of nitrogens with zero attached hydrogens (tertiary/aromatic N) is 1. The zero-order valence-electron chi connectivity index (χ0n) is 8.84. The van der Waals surface area contributed by atoms with Gasteiger partial charge in [0.05, 0.1) is 0 Å². The van der Waals surface area contributed by atoms with Crippen LogP contribution >= 0.6 is 0 Å². The van der Waals surface area contributed by atoms with Crippen molar-refractivity contribution in [3.8, 4) is 0 Å². The van der Waals surface area contributed by atoms with E-state index in [0.717, 1.165) is 11.8 Å². The summed E-state index contributed by atoms with van der Waals surface area (Å²) in [6.07, 6.45) is 8.39. The minimum Gasteiger partial charge on any atom is -0.288 e. The molecular weight excluding hydrogens is 176 g/mol. The number of amidine groups is 1. The summed E-state index contributed by atoms with van der Waals surface area (Å²) in [5.41, 5.74) is 8.54. The molecule has 4 nitrogen and oxygen atoms in total. The number of hydrazone groups is 1. The van der Waals surface area contributed by atoms with E-state index in [9.17, 15) is 0 Å². The van der Waals surface area contributed by atoms with E-state index >= 15 is 0 Å². The minimum atomic E-state index is 0.542. The van der Waals surface area contributed by atoms with E-state index in [2.05, 4.69) is 28.5 Å². The average Bonchev–Trinajstić information content (AvgIpc) is 2.72. The Hall–Kier alpha value is -0.770. The summed E-state index contributed by atoms with van der Waals surface area (Å²) in [7, 11) is 0. The Bertz CT molecular complexity index is 208. The average molecular weight is 196 g/mol. The molecule has 0 radical (unpaired) electrons. The molecule has 1 heterocycles. The van der Waals surface area contributed by atoms with Crippen LogP contribution in [0.5, 0.6) is 0 Å². The fraction of sp³-hybridized carbons (Fsp3) is 0.900. The first-order valence-corrected chi connectivity index (χ1v) is 5.70. The molecule has 0 saturated heterocycles. The molecule has 1 atom stereocenters. The second-order valence-corrected chi connectivity index (χ2v) is 4.50. The fourth-order valence-corrected chi connectivity index (χ4v) is 2.48. The molecule has 0 bridgehead atoms. The van der Waals surface area contributed by atoms with Gasteiger partial charge in [0.15, 0.2) is 0 Å². The zero-order valence-corrected chi connectivity index (χ0v) is 8.84. The van der Waals surface area contributed by atoms with Crippen molar-refractivity contribution in [3.63, 3.8) is 0 Å². The summed E-state index contributed by atoms with van der Waals surface area (Å²) in [4.78, 5) is 0. The molecule has 0 amide bonds. The van der Waals surface area contributed by atoms with Crippen LogP contribution in [-0.4, -0.2) is 5.84 Å². The van der Waals surface area contributed by atoms with Crippen LogP contribution in [0.15, 0.2) is 5.10 Å². The van der Waals surface area contributed by atoms with Crippen LogP contribution in [0.4, 0.5) is 0 Å². The Morgan fingerprint density at radius 1 is 1.36 bits per heavy atom. The zero-order chi connectivity index (χ0) is 9.80. The Labute approximate surface area is 85.5 Å². The van der Waals surface area contributed by atoms with Gasteiger partial charge in [-0.2, -0.15) is 0 Å². The largest absolute Gasteiger partial charge is 0.288 e. The normalized spacial score (nSPS) is 25.1. The van der Waals surface area contributed by atoms with Gasteiger partial charge in [-0.25, -0.2) is 5.53 Å². The summed E-state index contributed by atoms with van der Waals surface area (Å²) in [6, 6.07) is 0. The topological polar surface area (TPSA) is 48.5 Å². The van der Waals surface area contributed by atoms with Crippen molar-refractivity contribution in [1.29, 1.82) is 0 Å². The second-order valence-electron chi connectivity index (χ2n) is 4.50. The molecule has 2 rings (SSSR count). The van der Waals surface area contributed by atoms with Gasteiger partial charge < -0.3 is 0 Å². The lowest BCUT2D eigenvalue weighted by Crippen LogP contribution is -2.37. The van der Waals surface area contributed by atoms with Crippen LogP contribution < -0.4 is 16.5 Å². The highest BCUT2D eigenvalue weighted by Gasteiger charge is 2.20. The van der Waals surface area contributed by atoms with E-state index in [1.54, 1.807) is 0 Å². The Balaban J connectivity index is 1.77. The monoisotopic (exact) mass is 196 g/mol. The minimum absolute atomic E-state index is 0.542. The molecule has 80 valence electrons. The Morgan fingerprint density at radius 3 is 2.79 bits per heavy atom. The van der Waals surface area contributed by atoms with Gasteiger partial charge in [0, 0.05) is 5.92 Å². The summed E-state index contributed by atoms with van der Waals surface area (Å²) in [5.74, 6) is 2.51. The smallest absolute Gasteiger partial charge is 0.142 e. The highest BCUT2D eigenvalue weighted by atomic mass is 15.8. The number of hydrogen-bond donors (Lipinski definition) is 3. The lowest BCUT2D eigenvalue weighted by Gasteiger charge is -2.24. The third-order valence-corrected chi connectivity index (χ3v) is 3.30. The van der Waals surface area contributed by atoms with Gasteiger partial charge in [0.2, 0.25) is 0 Å². The highest BCUT2D eigenvalue weighted by Crippen LogP contribution is 2.29. The summed E-state index contributed by atoms with van der Waals surface area (Å²) >= 11 is 0. The standard InChI is InChI=1S/C10H20N4/c1-8(10-11-13-14-12-10)7-9-5-3-2-4-6-9/h8-9,13-14H,2-7H2,1H3,(H,11,12). The number of nitrogens with one attached hydrogen (secondary N) is 3. The lowest BCUT2D eigenvalue weighted by molar-refractivity contribution is 0.319. The maximum atomic E-state index is 4.15. The van der Waals surface area contributed by atoms with Crippen molar-refractivity contribution in [2.45, 2.75) is 45.4 Å². The fourth-order valence-electron chi connectivity index (χ4n) is 2.48. The molecule has 4 heteroatoms. The summed E-state index contributed by atoms with van der Waals surface area (Å²) in [5, 5.41) is 4.15. The first-order valence-electron chi connectivity index (χ1n) is 5.70. The third kappa shape index (κ3) is 2.38. The number of hydrogen-bond acceptors (Lipinski definition) is 4. The van der Waals surface area contributed by atoms with Gasteiger partial charge in [-0.3, -0.25) is 5.43 Å². The SMILES string of the molecule is CC(CC1CCCCC1)C1=NNNN1. The van der Waals surface area contributed by atoms with Gasteiger partial charge >= 0.3 is 0 Å². The maximum absolute atomic E-state index is 4.15.